The Morgan fingerprint density at radius 2 is 0.649 bits per heavy atom. The number of carbonyl (C=O) groups excluding carboxylic acids is 2. The topological polar surface area (TPSA) is 95.9 Å². The Kier molecular flexibility index (Phi) is 64.5. The maximum atomic E-state index is 12.5. The van der Waals surface area contributed by atoms with Crippen LogP contribution in [0.4, 0.5) is 0 Å². The number of rotatable bonds is 64. The Morgan fingerprint density at radius 1 is 0.364 bits per heavy atom. The van der Waals surface area contributed by atoms with Crippen molar-refractivity contribution in [1.82, 2.24) is 5.32 Å². The minimum Gasteiger partial charge on any atom is -0.466 e. The van der Waals surface area contributed by atoms with Crippen molar-refractivity contribution < 1.29 is 24.5 Å². The zero-order valence-electron chi connectivity index (χ0n) is 51.7. The van der Waals surface area contributed by atoms with E-state index in [2.05, 4.69) is 55.6 Å². The Balaban J connectivity index is 3.49. The summed E-state index contributed by atoms with van der Waals surface area (Å²) in [6, 6.07) is -0.638. The number of aliphatic hydroxyl groups is 2. The minimum atomic E-state index is -0.854. The molecule has 6 heteroatoms. The van der Waals surface area contributed by atoms with Crippen LogP contribution in [0.2, 0.25) is 0 Å². The predicted octanol–water partition coefficient (Wildman–Crippen LogP) is 22.1. The molecule has 2 unspecified atom stereocenters. The van der Waals surface area contributed by atoms with E-state index in [4.69, 9.17) is 4.74 Å². The van der Waals surface area contributed by atoms with Gasteiger partial charge in [-0.05, 0) is 89.9 Å². The highest BCUT2D eigenvalue weighted by atomic mass is 16.5. The molecule has 6 nitrogen and oxygen atoms in total. The average Bonchev–Trinajstić information content (AvgIpc) is 3.43. The number of hydrogen-bond donors (Lipinski definition) is 3. The second kappa shape index (κ2) is 66.3. The molecule has 2 atom stereocenters. The first-order chi connectivity index (χ1) is 38.0. The number of aliphatic hydroxyl groups excluding tert-OH is 2. The van der Waals surface area contributed by atoms with Crippen LogP contribution in [-0.2, 0) is 14.3 Å². The highest BCUT2D eigenvalue weighted by molar-refractivity contribution is 5.76. The fourth-order valence-corrected chi connectivity index (χ4v) is 10.6. The number of amides is 1. The normalized spacial score (nSPS) is 12.8. The van der Waals surface area contributed by atoms with Gasteiger partial charge in [0.2, 0.25) is 5.91 Å². The molecule has 3 N–H and O–H groups in total. The number of hydrogen-bond acceptors (Lipinski definition) is 5. The molecule has 0 aliphatic rings. The van der Waals surface area contributed by atoms with Gasteiger partial charge in [-0.25, -0.2) is 0 Å². The van der Waals surface area contributed by atoms with Gasteiger partial charge in [-0.1, -0.05) is 313 Å². The summed E-state index contributed by atoms with van der Waals surface area (Å²) in [5.74, 6) is -0.0893. The number of allylic oxidation sites excluding steroid dienone is 7. The second-order valence-corrected chi connectivity index (χ2v) is 23.5. The lowest BCUT2D eigenvalue weighted by Crippen LogP contribution is -2.45. The Labute approximate surface area is 480 Å². The lowest BCUT2D eigenvalue weighted by atomic mass is 10.0. The number of ether oxygens (including phenoxy) is 1. The summed E-state index contributed by atoms with van der Waals surface area (Å²) in [5, 5.41) is 23.2. The molecule has 0 aliphatic heterocycles. The molecule has 0 bridgehead atoms. The summed E-state index contributed by atoms with van der Waals surface area (Å²) < 4.78 is 5.48. The van der Waals surface area contributed by atoms with Crippen LogP contribution in [0, 0.1) is 0 Å². The lowest BCUT2D eigenvalue weighted by Gasteiger charge is -2.20. The number of esters is 1. The van der Waals surface area contributed by atoms with Crippen molar-refractivity contribution in [1.29, 1.82) is 0 Å². The van der Waals surface area contributed by atoms with Gasteiger partial charge in [-0.3, -0.25) is 9.59 Å². The molecule has 0 aliphatic carbocycles. The van der Waals surface area contributed by atoms with Gasteiger partial charge in [0.05, 0.1) is 25.4 Å². The maximum Gasteiger partial charge on any atom is 0.305 e. The molecule has 1 amide bonds. The first-order valence-corrected chi connectivity index (χ1v) is 34.4. The average molecular weight is 1080 g/mol. The van der Waals surface area contributed by atoms with Crippen LogP contribution in [-0.4, -0.2) is 47.4 Å². The molecular formula is C71H133NO5. The smallest absolute Gasteiger partial charge is 0.305 e. The Hall–Kier alpha value is -2.18. The predicted molar refractivity (Wildman–Crippen MR) is 338 cm³/mol. The molecule has 0 spiro atoms. The van der Waals surface area contributed by atoms with Gasteiger partial charge in [-0.2, -0.15) is 0 Å². The van der Waals surface area contributed by atoms with Crippen LogP contribution in [0.3, 0.4) is 0 Å². The third-order valence-corrected chi connectivity index (χ3v) is 15.8. The minimum absolute atomic E-state index is 0.0142. The van der Waals surface area contributed by atoms with Crippen molar-refractivity contribution in [3.05, 3.63) is 48.6 Å². The van der Waals surface area contributed by atoms with Crippen LogP contribution >= 0.6 is 0 Å². The van der Waals surface area contributed by atoms with Gasteiger partial charge >= 0.3 is 5.97 Å². The Morgan fingerprint density at radius 3 is 1.00 bits per heavy atom. The van der Waals surface area contributed by atoms with Gasteiger partial charge in [0.1, 0.15) is 0 Å². The number of carbonyl (C=O) groups is 2. The Bertz CT molecular complexity index is 1290. The fraction of sp³-hybridized carbons (Fsp3) is 0.859. The molecule has 0 aromatic heterocycles. The third kappa shape index (κ3) is 62.9. The van der Waals surface area contributed by atoms with E-state index >= 15 is 0 Å². The summed E-state index contributed by atoms with van der Waals surface area (Å²) in [6.45, 7) is 4.89. The molecule has 0 radical (unpaired) electrons. The fourth-order valence-electron chi connectivity index (χ4n) is 10.6. The SMILES string of the molecule is CCCCCCCC/C=C\CCCCCCCCCCCC(=O)OCCCCC/C=C\C=C/CCCCCCCCCCCCC(=O)NC(CO)C(O)/C=C/CCCCCCCCCCCCCCCCCCCCCC. The van der Waals surface area contributed by atoms with Crippen molar-refractivity contribution in [2.45, 2.75) is 379 Å². The molecule has 0 aromatic rings. The molecule has 0 saturated carbocycles. The zero-order chi connectivity index (χ0) is 55.7. The van der Waals surface area contributed by atoms with Crippen molar-refractivity contribution in [2.24, 2.45) is 0 Å². The van der Waals surface area contributed by atoms with E-state index in [9.17, 15) is 19.8 Å². The van der Waals surface area contributed by atoms with E-state index < -0.39 is 12.1 Å². The monoisotopic (exact) mass is 1080 g/mol. The molecule has 77 heavy (non-hydrogen) atoms. The first kappa shape index (κ1) is 74.8. The molecule has 0 fully saturated rings. The van der Waals surface area contributed by atoms with Crippen molar-refractivity contribution in [3.63, 3.8) is 0 Å². The van der Waals surface area contributed by atoms with Crippen molar-refractivity contribution in [2.75, 3.05) is 13.2 Å². The van der Waals surface area contributed by atoms with Gasteiger partial charge in [0, 0.05) is 12.8 Å². The summed E-state index contributed by atoms with van der Waals surface area (Å²) in [4.78, 5) is 24.6. The summed E-state index contributed by atoms with van der Waals surface area (Å²) in [5.41, 5.74) is 0. The highest BCUT2D eigenvalue weighted by Gasteiger charge is 2.18. The van der Waals surface area contributed by atoms with E-state index in [0.29, 0.717) is 19.4 Å². The van der Waals surface area contributed by atoms with Crippen LogP contribution in [0.15, 0.2) is 48.6 Å². The van der Waals surface area contributed by atoms with E-state index in [1.54, 1.807) is 6.08 Å². The summed E-state index contributed by atoms with van der Waals surface area (Å²) >= 11 is 0. The number of nitrogens with one attached hydrogen (secondary N) is 1. The van der Waals surface area contributed by atoms with Crippen molar-refractivity contribution >= 4 is 11.9 Å². The maximum absolute atomic E-state index is 12.5. The lowest BCUT2D eigenvalue weighted by molar-refractivity contribution is -0.143. The van der Waals surface area contributed by atoms with E-state index in [0.717, 1.165) is 77.0 Å². The third-order valence-electron chi connectivity index (χ3n) is 15.8. The van der Waals surface area contributed by atoms with E-state index in [-0.39, 0.29) is 18.5 Å². The molecule has 0 heterocycles. The van der Waals surface area contributed by atoms with Gasteiger partial charge in [0.15, 0.2) is 0 Å². The quantitative estimate of drug-likeness (QED) is 0.0244. The standard InChI is InChI=1S/C71H133NO5/c1-3-5-7-9-11-13-15-17-19-21-23-24-25-28-31-35-39-43-47-51-55-59-63-69(74)68(67-73)72-70(75)64-60-56-52-48-44-40-36-32-29-26-30-34-38-42-46-50-54-58-62-66-77-71(76)65-61-57-53-49-45-41-37-33-27-22-20-18-16-14-12-10-8-6-4-2/h18,20,34,38,42,46,59,63,68-69,73-74H,3-17,19,21-33,35-37,39-41,43-45,47-58,60-62,64-67H2,1-2H3,(H,72,75)/b20-18-,38-34-,46-42-,63-59+. The highest BCUT2D eigenvalue weighted by Crippen LogP contribution is 2.18. The van der Waals surface area contributed by atoms with E-state index in [1.165, 1.54) is 263 Å². The largest absolute Gasteiger partial charge is 0.466 e. The van der Waals surface area contributed by atoms with Gasteiger partial charge in [0.25, 0.3) is 0 Å². The van der Waals surface area contributed by atoms with Crippen LogP contribution in [0.5, 0.6) is 0 Å². The molecule has 0 saturated heterocycles. The molecule has 0 rings (SSSR count). The molecule has 452 valence electrons. The van der Waals surface area contributed by atoms with E-state index in [1.807, 2.05) is 6.08 Å². The van der Waals surface area contributed by atoms with Crippen LogP contribution in [0.1, 0.15) is 367 Å². The van der Waals surface area contributed by atoms with Crippen LogP contribution in [0.25, 0.3) is 0 Å². The van der Waals surface area contributed by atoms with Crippen molar-refractivity contribution in [3.8, 4) is 0 Å². The molecular weight excluding hydrogens is 947 g/mol. The zero-order valence-corrected chi connectivity index (χ0v) is 51.7. The summed E-state index contributed by atoms with van der Waals surface area (Å²) in [7, 11) is 0. The second-order valence-electron chi connectivity index (χ2n) is 23.5. The van der Waals surface area contributed by atoms with Gasteiger partial charge in [-0.15, -0.1) is 0 Å². The number of unbranched alkanes of at least 4 members (excludes halogenated alkanes) is 48. The molecule has 0 aromatic carbocycles. The van der Waals surface area contributed by atoms with Gasteiger partial charge < -0.3 is 20.3 Å². The van der Waals surface area contributed by atoms with Crippen LogP contribution < -0.4 is 5.32 Å². The summed E-state index contributed by atoms with van der Waals surface area (Å²) in [6.07, 6.45) is 86.0. The first-order valence-electron chi connectivity index (χ1n) is 34.4.